The van der Waals surface area contributed by atoms with Crippen LogP contribution in [0.2, 0.25) is 10.0 Å². The molecule has 0 bridgehead atoms. The molecule has 18 heavy (non-hydrogen) atoms. The molecule has 0 heterocycles. The zero-order valence-electron chi connectivity index (χ0n) is 10.6. The van der Waals surface area contributed by atoms with E-state index in [0.29, 0.717) is 0 Å². The molecule has 0 saturated carbocycles. The number of Topliss-reactive ketones (excluding diaryl/α,β-unsaturated/α-hetero) is 1. The second-order valence-electron chi connectivity index (χ2n) is 4.36. The second-order valence-corrected chi connectivity index (χ2v) is 5.18. The van der Waals surface area contributed by atoms with Gasteiger partial charge in [-0.15, -0.1) is 0 Å². The first-order valence-corrected chi connectivity index (χ1v) is 6.95. The van der Waals surface area contributed by atoms with Crippen LogP contribution in [0.3, 0.4) is 0 Å². The van der Waals surface area contributed by atoms with Crippen LogP contribution in [0.15, 0.2) is 12.1 Å². The Bertz CT molecular complexity index is 432. The zero-order chi connectivity index (χ0) is 13.7. The molecule has 1 atom stereocenters. The summed E-state index contributed by atoms with van der Waals surface area (Å²) in [5, 5.41) is 0.0740. The van der Waals surface area contributed by atoms with E-state index in [2.05, 4.69) is 6.92 Å². The third kappa shape index (κ3) is 3.69. The number of ketones is 1. The minimum Gasteiger partial charge on any atom is -0.294 e. The van der Waals surface area contributed by atoms with Crippen LogP contribution < -0.4 is 0 Å². The number of benzene rings is 1. The normalized spacial score (nSPS) is 12.5. The summed E-state index contributed by atoms with van der Waals surface area (Å²) in [4.78, 5) is 12.3. The molecule has 0 spiro atoms. The number of carbonyl (C=O) groups is 1. The fraction of sp³-hybridized carbons (Fsp3) is 0.500. The van der Waals surface area contributed by atoms with Crippen molar-refractivity contribution in [2.24, 2.45) is 5.92 Å². The Labute approximate surface area is 117 Å². The first-order valence-electron chi connectivity index (χ1n) is 6.20. The molecular weight excluding hydrogens is 274 g/mol. The Morgan fingerprint density at radius 1 is 1.33 bits per heavy atom. The largest absolute Gasteiger partial charge is 0.294 e. The maximum absolute atomic E-state index is 13.5. The lowest BCUT2D eigenvalue weighted by Gasteiger charge is -2.14. The van der Waals surface area contributed by atoms with Gasteiger partial charge >= 0.3 is 0 Å². The Kier molecular flexibility index (Phi) is 6.10. The molecule has 0 N–H and O–H groups in total. The highest BCUT2D eigenvalue weighted by Crippen LogP contribution is 2.28. The molecule has 1 rings (SSSR count). The quantitative estimate of drug-likeness (QED) is 0.497. The predicted octanol–water partition coefficient (Wildman–Crippen LogP) is 5.53. The van der Waals surface area contributed by atoms with Crippen molar-refractivity contribution in [3.8, 4) is 0 Å². The first-order chi connectivity index (χ1) is 8.51. The standard InChI is InChI=1S/C14H17Cl2FO/c1-3-5-6-9(4-2)14(18)11-7-10(15)8-12(17)13(11)16/h7-9H,3-6H2,1-2H3. The van der Waals surface area contributed by atoms with E-state index in [1.54, 1.807) is 0 Å². The number of unbranched alkanes of at least 4 members (excludes halogenated alkanes) is 1. The van der Waals surface area contributed by atoms with Gasteiger partial charge in [-0.2, -0.15) is 0 Å². The molecule has 1 aromatic carbocycles. The van der Waals surface area contributed by atoms with Crippen LogP contribution in [-0.4, -0.2) is 5.78 Å². The van der Waals surface area contributed by atoms with Gasteiger partial charge in [-0.05, 0) is 25.0 Å². The van der Waals surface area contributed by atoms with Gasteiger partial charge in [0.15, 0.2) is 5.78 Å². The zero-order valence-corrected chi connectivity index (χ0v) is 12.1. The molecule has 0 amide bonds. The predicted molar refractivity (Wildman–Crippen MR) is 74.1 cm³/mol. The van der Waals surface area contributed by atoms with Crippen molar-refractivity contribution in [3.63, 3.8) is 0 Å². The highest BCUT2D eigenvalue weighted by Gasteiger charge is 2.22. The third-order valence-electron chi connectivity index (χ3n) is 3.03. The summed E-state index contributed by atoms with van der Waals surface area (Å²) < 4.78 is 13.5. The van der Waals surface area contributed by atoms with Crippen molar-refractivity contribution in [1.29, 1.82) is 0 Å². The van der Waals surface area contributed by atoms with Crippen molar-refractivity contribution < 1.29 is 9.18 Å². The number of halogens is 3. The van der Waals surface area contributed by atoms with Gasteiger partial charge in [-0.1, -0.05) is 49.9 Å². The van der Waals surface area contributed by atoms with Crippen molar-refractivity contribution >= 4 is 29.0 Å². The van der Waals surface area contributed by atoms with E-state index in [-0.39, 0.29) is 27.3 Å². The van der Waals surface area contributed by atoms with E-state index in [1.807, 2.05) is 6.92 Å². The van der Waals surface area contributed by atoms with Crippen molar-refractivity contribution in [2.75, 3.05) is 0 Å². The molecule has 1 aromatic rings. The van der Waals surface area contributed by atoms with Crippen LogP contribution in [0, 0.1) is 11.7 Å². The van der Waals surface area contributed by atoms with Gasteiger partial charge in [0.2, 0.25) is 0 Å². The summed E-state index contributed by atoms with van der Waals surface area (Å²) in [6.07, 6.45) is 3.53. The summed E-state index contributed by atoms with van der Waals surface area (Å²) in [6.45, 7) is 4.02. The molecule has 1 unspecified atom stereocenters. The van der Waals surface area contributed by atoms with Gasteiger partial charge in [0.05, 0.1) is 5.02 Å². The molecule has 1 nitrogen and oxygen atoms in total. The number of carbonyl (C=O) groups excluding carboxylic acids is 1. The van der Waals surface area contributed by atoms with Crippen molar-refractivity contribution in [3.05, 3.63) is 33.6 Å². The monoisotopic (exact) mass is 290 g/mol. The van der Waals surface area contributed by atoms with E-state index in [0.717, 1.165) is 31.7 Å². The summed E-state index contributed by atoms with van der Waals surface area (Å²) in [5.74, 6) is -0.865. The lowest BCUT2D eigenvalue weighted by molar-refractivity contribution is 0.0908. The summed E-state index contributed by atoms with van der Waals surface area (Å²) in [7, 11) is 0. The van der Waals surface area contributed by atoms with Gasteiger partial charge in [0.25, 0.3) is 0 Å². The van der Waals surface area contributed by atoms with Crippen LogP contribution >= 0.6 is 23.2 Å². The molecule has 0 aliphatic carbocycles. The Hall–Kier alpha value is -0.600. The molecule has 0 saturated heterocycles. The Morgan fingerprint density at radius 2 is 2.00 bits per heavy atom. The van der Waals surface area contributed by atoms with Crippen LogP contribution in [-0.2, 0) is 0 Å². The minimum absolute atomic E-state index is 0.111. The number of hydrogen-bond donors (Lipinski definition) is 0. The van der Waals surface area contributed by atoms with Gasteiger partial charge in [0.1, 0.15) is 5.82 Å². The Balaban J connectivity index is 3.01. The average molecular weight is 291 g/mol. The van der Waals surface area contributed by atoms with Crippen LogP contribution in [0.5, 0.6) is 0 Å². The van der Waals surface area contributed by atoms with Gasteiger partial charge in [-0.3, -0.25) is 4.79 Å². The van der Waals surface area contributed by atoms with E-state index in [9.17, 15) is 9.18 Å². The number of rotatable bonds is 6. The van der Waals surface area contributed by atoms with E-state index >= 15 is 0 Å². The number of hydrogen-bond acceptors (Lipinski definition) is 1. The lowest BCUT2D eigenvalue weighted by Crippen LogP contribution is -2.15. The first kappa shape index (κ1) is 15.5. The van der Waals surface area contributed by atoms with Crippen LogP contribution in [0.25, 0.3) is 0 Å². The molecule has 100 valence electrons. The van der Waals surface area contributed by atoms with E-state index in [1.165, 1.54) is 6.07 Å². The summed E-state index contributed by atoms with van der Waals surface area (Å²) in [5.41, 5.74) is 0.199. The van der Waals surface area contributed by atoms with Crippen molar-refractivity contribution in [1.82, 2.24) is 0 Å². The summed E-state index contributed by atoms with van der Waals surface area (Å²) in [6, 6.07) is 2.57. The lowest BCUT2D eigenvalue weighted by atomic mass is 9.90. The second kappa shape index (κ2) is 7.10. The maximum Gasteiger partial charge on any atom is 0.167 e. The molecule has 4 heteroatoms. The van der Waals surface area contributed by atoms with Gasteiger partial charge in [-0.25, -0.2) is 4.39 Å². The highest BCUT2D eigenvalue weighted by molar-refractivity contribution is 6.36. The molecule has 0 aromatic heterocycles. The summed E-state index contributed by atoms with van der Waals surface area (Å²) >= 11 is 11.6. The SMILES string of the molecule is CCCCC(CC)C(=O)c1cc(Cl)cc(F)c1Cl. The van der Waals surface area contributed by atoms with Gasteiger partial charge in [0, 0.05) is 16.5 Å². The van der Waals surface area contributed by atoms with E-state index < -0.39 is 5.82 Å². The maximum atomic E-state index is 13.5. The van der Waals surface area contributed by atoms with Gasteiger partial charge < -0.3 is 0 Å². The van der Waals surface area contributed by atoms with Crippen LogP contribution in [0.4, 0.5) is 4.39 Å². The highest BCUT2D eigenvalue weighted by atomic mass is 35.5. The molecule has 0 aliphatic heterocycles. The fourth-order valence-corrected chi connectivity index (χ4v) is 2.33. The molecule has 0 aliphatic rings. The van der Waals surface area contributed by atoms with E-state index in [4.69, 9.17) is 23.2 Å². The molecular formula is C14H17Cl2FO. The van der Waals surface area contributed by atoms with Crippen LogP contribution in [0.1, 0.15) is 49.9 Å². The Morgan fingerprint density at radius 3 is 2.56 bits per heavy atom. The molecule has 0 fully saturated rings. The molecule has 0 radical (unpaired) electrons. The average Bonchev–Trinajstić information content (AvgIpc) is 2.34. The minimum atomic E-state index is -0.641. The smallest absolute Gasteiger partial charge is 0.167 e. The third-order valence-corrected chi connectivity index (χ3v) is 3.63. The fourth-order valence-electron chi connectivity index (χ4n) is 1.93. The topological polar surface area (TPSA) is 17.1 Å². The van der Waals surface area contributed by atoms with Crippen molar-refractivity contribution in [2.45, 2.75) is 39.5 Å².